The lowest BCUT2D eigenvalue weighted by atomic mass is 10.2. The van der Waals surface area contributed by atoms with Crippen molar-refractivity contribution >= 4 is 12.0 Å². The molecule has 0 aliphatic heterocycles. The van der Waals surface area contributed by atoms with Crippen LogP contribution in [0.2, 0.25) is 0 Å². The summed E-state index contributed by atoms with van der Waals surface area (Å²) in [5.41, 5.74) is 6.45. The predicted octanol–water partition coefficient (Wildman–Crippen LogP) is 1.45. The van der Waals surface area contributed by atoms with E-state index >= 15 is 0 Å². The Morgan fingerprint density at radius 2 is 2.29 bits per heavy atom. The van der Waals surface area contributed by atoms with Crippen LogP contribution in [-0.4, -0.2) is 23.3 Å². The first-order valence-electron chi connectivity index (χ1n) is 5.26. The van der Waals surface area contributed by atoms with Crippen LogP contribution in [0.5, 0.6) is 5.75 Å². The van der Waals surface area contributed by atoms with E-state index in [4.69, 9.17) is 14.9 Å². The number of nitrogen functional groups attached to an aromatic ring is 1. The van der Waals surface area contributed by atoms with Gasteiger partial charge in [-0.15, -0.1) is 0 Å². The molecule has 0 aliphatic carbocycles. The molecule has 3 N–H and O–H groups in total. The van der Waals surface area contributed by atoms with Gasteiger partial charge in [-0.05, 0) is 24.6 Å². The van der Waals surface area contributed by atoms with Gasteiger partial charge in [0.05, 0.1) is 6.54 Å². The van der Waals surface area contributed by atoms with Crippen LogP contribution in [0.25, 0.3) is 0 Å². The van der Waals surface area contributed by atoms with Crippen LogP contribution in [0.15, 0.2) is 28.7 Å². The molecule has 2 aromatic rings. The van der Waals surface area contributed by atoms with Crippen molar-refractivity contribution in [3.05, 3.63) is 29.8 Å². The maximum atomic E-state index is 5.53. The lowest BCUT2D eigenvalue weighted by Gasteiger charge is -2.06. The van der Waals surface area contributed by atoms with E-state index in [2.05, 4.69) is 15.5 Å². The monoisotopic (exact) mass is 234 g/mol. The second-order valence-electron chi connectivity index (χ2n) is 3.54. The SMILES string of the molecule is Cc1cccc(OCCNc2nnc(N)o2)c1. The van der Waals surface area contributed by atoms with E-state index in [9.17, 15) is 0 Å². The first kappa shape index (κ1) is 11.3. The molecule has 1 heterocycles. The third-order valence-corrected chi connectivity index (χ3v) is 2.08. The molecule has 0 unspecified atom stereocenters. The molecule has 0 amide bonds. The van der Waals surface area contributed by atoms with Crippen LogP contribution in [0.3, 0.4) is 0 Å². The topological polar surface area (TPSA) is 86.2 Å². The summed E-state index contributed by atoms with van der Waals surface area (Å²) in [4.78, 5) is 0. The van der Waals surface area contributed by atoms with E-state index in [0.717, 1.165) is 5.75 Å². The number of hydrogen-bond acceptors (Lipinski definition) is 6. The van der Waals surface area contributed by atoms with Crippen molar-refractivity contribution in [3.63, 3.8) is 0 Å². The number of hydrogen-bond donors (Lipinski definition) is 2. The highest BCUT2D eigenvalue weighted by Crippen LogP contribution is 2.12. The summed E-state index contributed by atoms with van der Waals surface area (Å²) in [6.07, 6.45) is 0. The van der Waals surface area contributed by atoms with Gasteiger partial charge in [0.2, 0.25) is 0 Å². The molecular formula is C11H14N4O2. The molecule has 0 aliphatic rings. The zero-order valence-electron chi connectivity index (χ0n) is 9.51. The highest BCUT2D eigenvalue weighted by atomic mass is 16.5. The Morgan fingerprint density at radius 1 is 1.41 bits per heavy atom. The maximum Gasteiger partial charge on any atom is 0.316 e. The van der Waals surface area contributed by atoms with Gasteiger partial charge < -0.3 is 20.2 Å². The fraction of sp³-hybridized carbons (Fsp3) is 0.273. The third-order valence-electron chi connectivity index (χ3n) is 2.08. The fourth-order valence-corrected chi connectivity index (χ4v) is 1.34. The van der Waals surface area contributed by atoms with E-state index in [0.29, 0.717) is 19.2 Å². The number of aromatic nitrogens is 2. The molecule has 0 fully saturated rings. The van der Waals surface area contributed by atoms with Crippen molar-refractivity contribution in [3.8, 4) is 5.75 Å². The highest BCUT2D eigenvalue weighted by molar-refractivity contribution is 5.27. The smallest absolute Gasteiger partial charge is 0.316 e. The second kappa shape index (κ2) is 5.20. The lowest BCUT2D eigenvalue weighted by molar-refractivity contribution is 0.331. The Kier molecular flexibility index (Phi) is 3.44. The molecule has 6 nitrogen and oxygen atoms in total. The molecule has 6 heteroatoms. The Hall–Kier alpha value is -2.24. The van der Waals surface area contributed by atoms with Gasteiger partial charge in [-0.25, -0.2) is 0 Å². The summed E-state index contributed by atoms with van der Waals surface area (Å²) < 4.78 is 10.5. The van der Waals surface area contributed by atoms with Crippen LogP contribution in [0.1, 0.15) is 5.56 Å². The molecule has 2 rings (SSSR count). The van der Waals surface area contributed by atoms with Crippen molar-refractivity contribution < 1.29 is 9.15 Å². The van der Waals surface area contributed by atoms with Gasteiger partial charge in [-0.3, -0.25) is 0 Å². The molecule has 0 bridgehead atoms. The molecule has 0 saturated heterocycles. The van der Waals surface area contributed by atoms with Crippen LogP contribution < -0.4 is 15.8 Å². The zero-order valence-corrected chi connectivity index (χ0v) is 9.51. The number of aryl methyl sites for hydroxylation is 1. The molecule has 0 saturated carbocycles. The molecule has 0 atom stereocenters. The standard InChI is InChI=1S/C11H14N4O2/c1-8-3-2-4-9(7-8)16-6-5-13-11-15-14-10(12)17-11/h2-4,7H,5-6H2,1H3,(H2,12,14)(H,13,15). The number of benzene rings is 1. The minimum Gasteiger partial charge on any atom is -0.492 e. The average molecular weight is 234 g/mol. The number of rotatable bonds is 5. The van der Waals surface area contributed by atoms with E-state index in [1.54, 1.807) is 0 Å². The molecule has 90 valence electrons. The van der Waals surface area contributed by atoms with E-state index in [-0.39, 0.29) is 6.01 Å². The molecule has 0 spiro atoms. The molecule has 17 heavy (non-hydrogen) atoms. The van der Waals surface area contributed by atoms with Crippen molar-refractivity contribution in [2.75, 3.05) is 24.2 Å². The van der Waals surface area contributed by atoms with Crippen molar-refractivity contribution in [1.29, 1.82) is 0 Å². The summed E-state index contributed by atoms with van der Waals surface area (Å²) in [7, 11) is 0. The Labute approximate surface area is 98.8 Å². The second-order valence-corrected chi connectivity index (χ2v) is 3.54. The van der Waals surface area contributed by atoms with E-state index in [1.165, 1.54) is 5.56 Å². The third kappa shape index (κ3) is 3.37. The quantitative estimate of drug-likeness (QED) is 0.761. The van der Waals surface area contributed by atoms with Crippen LogP contribution >= 0.6 is 0 Å². The van der Waals surface area contributed by atoms with Gasteiger partial charge >= 0.3 is 12.0 Å². The van der Waals surface area contributed by atoms with Crippen LogP contribution in [-0.2, 0) is 0 Å². The largest absolute Gasteiger partial charge is 0.492 e. The highest BCUT2D eigenvalue weighted by Gasteiger charge is 2.00. The van der Waals surface area contributed by atoms with Gasteiger partial charge in [-0.2, -0.15) is 0 Å². The van der Waals surface area contributed by atoms with Crippen LogP contribution in [0, 0.1) is 6.92 Å². The van der Waals surface area contributed by atoms with Gasteiger partial charge in [0.25, 0.3) is 0 Å². The summed E-state index contributed by atoms with van der Waals surface area (Å²) in [6.45, 7) is 3.09. The first-order chi connectivity index (χ1) is 8.24. The van der Waals surface area contributed by atoms with E-state index < -0.39 is 0 Å². The number of ether oxygens (including phenoxy) is 1. The molecule has 0 radical (unpaired) electrons. The molecule has 1 aromatic heterocycles. The average Bonchev–Trinajstić information content (AvgIpc) is 2.71. The fourth-order valence-electron chi connectivity index (χ4n) is 1.34. The minimum atomic E-state index is 0.0482. The normalized spacial score (nSPS) is 10.2. The Balaban J connectivity index is 1.73. The van der Waals surface area contributed by atoms with Crippen molar-refractivity contribution in [2.24, 2.45) is 0 Å². The van der Waals surface area contributed by atoms with Crippen LogP contribution in [0.4, 0.5) is 12.0 Å². The van der Waals surface area contributed by atoms with Gasteiger partial charge in [-0.1, -0.05) is 22.3 Å². The number of nitrogens with zero attached hydrogens (tertiary/aromatic N) is 2. The number of nitrogens with one attached hydrogen (secondary N) is 1. The Bertz CT molecular complexity index is 484. The number of nitrogens with two attached hydrogens (primary N) is 1. The summed E-state index contributed by atoms with van der Waals surface area (Å²) in [6, 6.07) is 8.22. The van der Waals surface area contributed by atoms with Gasteiger partial charge in [0, 0.05) is 0 Å². The molecular weight excluding hydrogens is 220 g/mol. The van der Waals surface area contributed by atoms with Gasteiger partial charge in [0.1, 0.15) is 12.4 Å². The first-order valence-corrected chi connectivity index (χ1v) is 5.26. The Morgan fingerprint density at radius 3 is 3.00 bits per heavy atom. The molecule has 1 aromatic carbocycles. The minimum absolute atomic E-state index is 0.0482. The van der Waals surface area contributed by atoms with Gasteiger partial charge in [0.15, 0.2) is 0 Å². The summed E-state index contributed by atoms with van der Waals surface area (Å²) >= 11 is 0. The zero-order chi connectivity index (χ0) is 12.1. The summed E-state index contributed by atoms with van der Waals surface area (Å²) in [5, 5.41) is 10.1. The summed E-state index contributed by atoms with van der Waals surface area (Å²) in [5.74, 6) is 0.844. The van der Waals surface area contributed by atoms with E-state index in [1.807, 2.05) is 31.2 Å². The lowest BCUT2D eigenvalue weighted by Crippen LogP contribution is -2.11. The maximum absolute atomic E-state index is 5.53. The van der Waals surface area contributed by atoms with Crippen molar-refractivity contribution in [1.82, 2.24) is 10.2 Å². The van der Waals surface area contributed by atoms with Crippen molar-refractivity contribution in [2.45, 2.75) is 6.92 Å². The predicted molar refractivity (Wildman–Crippen MR) is 63.9 cm³/mol. The number of anilines is 2.